The Morgan fingerprint density at radius 2 is 1.94 bits per heavy atom. The summed E-state index contributed by atoms with van der Waals surface area (Å²) in [5.74, 6) is -5.70. The lowest BCUT2D eigenvalue weighted by Gasteiger charge is -2.12. The zero-order valence-corrected chi connectivity index (χ0v) is 9.09. The van der Waals surface area contributed by atoms with Crippen LogP contribution in [0.15, 0.2) is 29.2 Å². The van der Waals surface area contributed by atoms with Crippen LogP contribution in [0.1, 0.15) is 5.56 Å². The lowest BCUT2D eigenvalue weighted by atomic mass is 10.1. The third kappa shape index (κ3) is 2.35. The molecule has 0 bridgehead atoms. The molecule has 1 aromatic carbocycles. The molecule has 88 valence electrons. The number of sulfone groups is 1. The summed E-state index contributed by atoms with van der Waals surface area (Å²) in [6.45, 7) is 0. The van der Waals surface area contributed by atoms with Gasteiger partial charge in [-0.05, 0) is 12.1 Å². The molecule has 0 aromatic heterocycles. The molecule has 16 heavy (non-hydrogen) atoms. The lowest BCUT2D eigenvalue weighted by molar-refractivity contribution is -0.143. The highest BCUT2D eigenvalue weighted by Crippen LogP contribution is 2.28. The first-order valence-electron chi connectivity index (χ1n) is 4.14. The van der Waals surface area contributed by atoms with E-state index in [4.69, 9.17) is 0 Å². The van der Waals surface area contributed by atoms with Crippen molar-refractivity contribution in [2.75, 3.05) is 6.26 Å². The number of amides is 1. The number of hydrogen-bond donors (Lipinski definition) is 1. The van der Waals surface area contributed by atoms with Crippen LogP contribution in [0, 0.1) is 0 Å². The van der Waals surface area contributed by atoms with Crippen LogP contribution in [0.4, 0.5) is 8.78 Å². The van der Waals surface area contributed by atoms with E-state index in [9.17, 15) is 22.0 Å². The molecule has 0 saturated heterocycles. The lowest BCUT2D eigenvalue weighted by Crippen LogP contribution is -2.33. The average Bonchev–Trinajstić information content (AvgIpc) is 2.16. The van der Waals surface area contributed by atoms with Gasteiger partial charge in [-0.15, -0.1) is 0 Å². The van der Waals surface area contributed by atoms with Crippen LogP contribution < -0.4 is 5.73 Å². The average molecular weight is 249 g/mol. The van der Waals surface area contributed by atoms with E-state index in [0.29, 0.717) is 0 Å². The van der Waals surface area contributed by atoms with Crippen LogP contribution in [0.3, 0.4) is 0 Å². The van der Waals surface area contributed by atoms with Crippen LogP contribution in [0.25, 0.3) is 0 Å². The topological polar surface area (TPSA) is 77.2 Å². The summed E-state index contributed by atoms with van der Waals surface area (Å²) >= 11 is 0. The molecule has 0 unspecified atom stereocenters. The standard InChI is InChI=1S/C9H9F2NO3S/c1-16(14,15)7-4-2-3-6(5-7)9(10,11)8(12)13/h2-5H,1H3,(H2,12,13). The van der Waals surface area contributed by atoms with E-state index < -0.39 is 27.2 Å². The Balaban J connectivity index is 3.34. The number of carbonyl (C=O) groups is 1. The molecule has 1 rings (SSSR count). The van der Waals surface area contributed by atoms with Crippen LogP contribution in [-0.4, -0.2) is 20.6 Å². The number of benzene rings is 1. The first-order chi connectivity index (χ1) is 7.15. The minimum Gasteiger partial charge on any atom is -0.364 e. The second-order valence-corrected chi connectivity index (χ2v) is 5.25. The Labute approximate surface area is 91.0 Å². The van der Waals surface area contributed by atoms with Gasteiger partial charge in [-0.3, -0.25) is 4.79 Å². The summed E-state index contributed by atoms with van der Waals surface area (Å²) in [7, 11) is -3.60. The molecular formula is C9H9F2NO3S. The van der Waals surface area contributed by atoms with Gasteiger partial charge in [-0.2, -0.15) is 8.78 Å². The summed E-state index contributed by atoms with van der Waals surface area (Å²) < 4.78 is 48.6. The van der Waals surface area contributed by atoms with Gasteiger partial charge in [0.1, 0.15) is 0 Å². The van der Waals surface area contributed by atoms with Crippen molar-refractivity contribution < 1.29 is 22.0 Å². The van der Waals surface area contributed by atoms with Crippen LogP contribution in [-0.2, 0) is 20.6 Å². The van der Waals surface area contributed by atoms with E-state index in [1.807, 2.05) is 0 Å². The van der Waals surface area contributed by atoms with Crippen molar-refractivity contribution in [1.29, 1.82) is 0 Å². The van der Waals surface area contributed by atoms with Crippen molar-refractivity contribution in [2.45, 2.75) is 10.8 Å². The molecule has 0 radical (unpaired) electrons. The minimum absolute atomic E-state index is 0.286. The highest BCUT2D eigenvalue weighted by atomic mass is 32.2. The fourth-order valence-corrected chi connectivity index (χ4v) is 1.73. The van der Waals surface area contributed by atoms with Crippen LogP contribution >= 0.6 is 0 Å². The quantitative estimate of drug-likeness (QED) is 0.855. The van der Waals surface area contributed by atoms with Crippen LogP contribution in [0.5, 0.6) is 0 Å². The second-order valence-electron chi connectivity index (χ2n) is 3.24. The van der Waals surface area contributed by atoms with Crippen molar-refractivity contribution in [2.24, 2.45) is 5.73 Å². The zero-order valence-electron chi connectivity index (χ0n) is 8.28. The van der Waals surface area contributed by atoms with Gasteiger partial charge in [-0.25, -0.2) is 8.42 Å². The van der Waals surface area contributed by atoms with Gasteiger partial charge < -0.3 is 5.73 Å². The van der Waals surface area contributed by atoms with Crippen molar-refractivity contribution in [3.63, 3.8) is 0 Å². The number of primary amides is 1. The third-order valence-electron chi connectivity index (χ3n) is 1.93. The maximum Gasteiger partial charge on any atom is 0.349 e. The third-order valence-corrected chi connectivity index (χ3v) is 3.04. The van der Waals surface area contributed by atoms with Crippen molar-refractivity contribution >= 4 is 15.7 Å². The first kappa shape index (κ1) is 12.6. The van der Waals surface area contributed by atoms with E-state index in [1.54, 1.807) is 0 Å². The molecule has 0 aliphatic carbocycles. The number of halogens is 2. The number of nitrogens with two attached hydrogens (primary N) is 1. The summed E-state index contributed by atoms with van der Waals surface area (Å²) in [5, 5.41) is 0. The normalized spacial score (nSPS) is 12.4. The Morgan fingerprint density at radius 3 is 2.38 bits per heavy atom. The smallest absolute Gasteiger partial charge is 0.349 e. The van der Waals surface area contributed by atoms with E-state index >= 15 is 0 Å². The molecule has 0 heterocycles. The van der Waals surface area contributed by atoms with Gasteiger partial charge in [0.25, 0.3) is 5.91 Å². The number of alkyl halides is 2. The number of carbonyl (C=O) groups excluding carboxylic acids is 1. The minimum atomic E-state index is -3.87. The SMILES string of the molecule is CS(=O)(=O)c1cccc(C(F)(F)C(N)=O)c1. The van der Waals surface area contributed by atoms with Gasteiger partial charge in [0.2, 0.25) is 0 Å². The molecule has 1 aromatic rings. The van der Waals surface area contributed by atoms with E-state index in [0.717, 1.165) is 30.5 Å². The fourth-order valence-electron chi connectivity index (χ4n) is 1.06. The van der Waals surface area contributed by atoms with Crippen molar-refractivity contribution in [1.82, 2.24) is 0 Å². The summed E-state index contributed by atoms with van der Waals surface area (Å²) in [5.41, 5.74) is 3.79. The molecule has 0 fully saturated rings. The van der Waals surface area contributed by atoms with Gasteiger partial charge in [0.05, 0.1) is 4.90 Å². The number of rotatable bonds is 3. The Kier molecular flexibility index (Phi) is 3.00. The molecule has 1 amide bonds. The molecule has 0 spiro atoms. The molecule has 0 aliphatic heterocycles. The molecule has 0 atom stereocenters. The summed E-state index contributed by atoms with van der Waals surface area (Å²) in [4.78, 5) is 10.2. The fraction of sp³-hybridized carbons (Fsp3) is 0.222. The van der Waals surface area contributed by atoms with Gasteiger partial charge in [0.15, 0.2) is 9.84 Å². The van der Waals surface area contributed by atoms with E-state index in [1.165, 1.54) is 0 Å². The van der Waals surface area contributed by atoms with Gasteiger partial charge in [0, 0.05) is 11.8 Å². The van der Waals surface area contributed by atoms with E-state index in [-0.39, 0.29) is 4.90 Å². The summed E-state index contributed by atoms with van der Waals surface area (Å²) in [6, 6.07) is 3.97. The second kappa shape index (κ2) is 3.82. The molecule has 7 heteroatoms. The monoisotopic (exact) mass is 249 g/mol. The van der Waals surface area contributed by atoms with E-state index in [2.05, 4.69) is 5.73 Å². The van der Waals surface area contributed by atoms with Crippen LogP contribution in [0.2, 0.25) is 0 Å². The first-order valence-corrected chi connectivity index (χ1v) is 6.03. The predicted octanol–water partition coefficient (Wildman–Crippen LogP) is 0.667. The predicted molar refractivity (Wildman–Crippen MR) is 52.6 cm³/mol. The number of hydrogen-bond acceptors (Lipinski definition) is 3. The maximum absolute atomic E-state index is 13.2. The van der Waals surface area contributed by atoms with Crippen molar-refractivity contribution in [3.05, 3.63) is 29.8 Å². The molecule has 4 nitrogen and oxygen atoms in total. The van der Waals surface area contributed by atoms with Gasteiger partial charge in [-0.1, -0.05) is 12.1 Å². The molecule has 0 aliphatic rings. The largest absolute Gasteiger partial charge is 0.364 e. The molecule has 0 saturated carbocycles. The zero-order chi connectivity index (χ0) is 12.6. The Hall–Kier alpha value is -1.50. The molecule has 2 N–H and O–H groups in total. The maximum atomic E-state index is 13.2. The Bertz CT molecular complexity index is 525. The highest BCUT2D eigenvalue weighted by Gasteiger charge is 2.39. The summed E-state index contributed by atoms with van der Waals surface area (Å²) in [6.07, 6.45) is 0.883. The van der Waals surface area contributed by atoms with Crippen molar-refractivity contribution in [3.8, 4) is 0 Å². The Morgan fingerprint density at radius 1 is 1.38 bits per heavy atom. The van der Waals surface area contributed by atoms with Gasteiger partial charge >= 0.3 is 5.92 Å². The molecular weight excluding hydrogens is 240 g/mol. The highest BCUT2D eigenvalue weighted by molar-refractivity contribution is 7.90.